The van der Waals surface area contributed by atoms with E-state index in [2.05, 4.69) is 22.2 Å². The maximum atomic E-state index is 5.62. The fraction of sp³-hybridized carbons (Fsp3) is 0.600. The number of alkyl halides is 1. The van der Waals surface area contributed by atoms with Crippen LogP contribution < -0.4 is 5.32 Å². The maximum Gasteiger partial charge on any atom is 0.147 e. The summed E-state index contributed by atoms with van der Waals surface area (Å²) in [7, 11) is 0. The van der Waals surface area contributed by atoms with Crippen LogP contribution in [0.2, 0.25) is 0 Å². The van der Waals surface area contributed by atoms with E-state index in [-0.39, 0.29) is 0 Å². The van der Waals surface area contributed by atoms with E-state index in [0.29, 0.717) is 11.9 Å². The number of aromatic nitrogens is 2. The molecule has 1 heterocycles. The van der Waals surface area contributed by atoms with Gasteiger partial charge in [0.15, 0.2) is 0 Å². The van der Waals surface area contributed by atoms with Gasteiger partial charge in [0.1, 0.15) is 5.82 Å². The fourth-order valence-electron chi connectivity index (χ4n) is 1.24. The fourth-order valence-corrected chi connectivity index (χ4v) is 1.39. The summed E-state index contributed by atoms with van der Waals surface area (Å²) < 4.78 is 0. The number of nitrogens with one attached hydrogen (secondary N) is 1. The van der Waals surface area contributed by atoms with E-state index < -0.39 is 0 Å². The van der Waals surface area contributed by atoms with E-state index >= 15 is 0 Å². The molecule has 0 radical (unpaired) electrons. The topological polar surface area (TPSA) is 37.8 Å². The third kappa shape index (κ3) is 3.50. The van der Waals surface area contributed by atoms with Gasteiger partial charge in [-0.15, -0.1) is 11.6 Å². The lowest BCUT2D eigenvalue weighted by atomic mass is 10.2. The first kappa shape index (κ1) is 11.2. The van der Waals surface area contributed by atoms with E-state index in [9.17, 15) is 0 Å². The van der Waals surface area contributed by atoms with Crippen molar-refractivity contribution in [3.63, 3.8) is 0 Å². The van der Waals surface area contributed by atoms with Gasteiger partial charge in [0.2, 0.25) is 0 Å². The zero-order valence-electron chi connectivity index (χ0n) is 8.63. The quantitative estimate of drug-likeness (QED) is 0.765. The molecule has 78 valence electrons. The monoisotopic (exact) mass is 213 g/mol. The number of rotatable bonds is 5. The number of anilines is 1. The average molecular weight is 214 g/mol. The molecule has 0 fully saturated rings. The van der Waals surface area contributed by atoms with Crippen molar-refractivity contribution in [2.75, 3.05) is 11.2 Å². The van der Waals surface area contributed by atoms with Gasteiger partial charge in [0, 0.05) is 24.3 Å². The molecule has 1 N–H and O–H groups in total. The Balaban J connectivity index is 2.47. The average Bonchev–Trinajstić information content (AvgIpc) is 2.18. The molecule has 0 bridgehead atoms. The summed E-state index contributed by atoms with van der Waals surface area (Å²) in [5.74, 6) is 1.58. The van der Waals surface area contributed by atoms with Crippen LogP contribution in [-0.2, 0) is 0 Å². The molecule has 0 spiro atoms. The largest absolute Gasteiger partial charge is 0.366 e. The molecule has 0 amide bonds. The minimum Gasteiger partial charge on any atom is -0.366 e. The van der Waals surface area contributed by atoms with Crippen LogP contribution in [0.4, 0.5) is 5.82 Å². The summed E-state index contributed by atoms with van der Waals surface area (Å²) in [6, 6.07) is 0.393. The molecule has 1 unspecified atom stereocenters. The highest BCUT2D eigenvalue weighted by atomic mass is 35.5. The van der Waals surface area contributed by atoms with Crippen LogP contribution in [0.15, 0.2) is 12.4 Å². The molecule has 1 aromatic rings. The Morgan fingerprint density at radius 1 is 1.43 bits per heavy atom. The Kier molecular flexibility index (Phi) is 4.66. The van der Waals surface area contributed by atoms with Gasteiger partial charge in [-0.25, -0.2) is 4.98 Å². The molecule has 0 aromatic carbocycles. The van der Waals surface area contributed by atoms with Crippen LogP contribution in [0.1, 0.15) is 25.5 Å². The van der Waals surface area contributed by atoms with Crippen molar-refractivity contribution >= 4 is 17.4 Å². The van der Waals surface area contributed by atoms with Crippen LogP contribution in [-0.4, -0.2) is 21.9 Å². The molecule has 1 aromatic heterocycles. The highest BCUT2D eigenvalue weighted by Gasteiger charge is 2.04. The van der Waals surface area contributed by atoms with Crippen molar-refractivity contribution in [2.24, 2.45) is 0 Å². The maximum absolute atomic E-state index is 5.62. The van der Waals surface area contributed by atoms with Crippen LogP contribution in [0.3, 0.4) is 0 Å². The Bertz CT molecular complexity index is 278. The molecule has 0 aliphatic rings. The van der Waals surface area contributed by atoms with Gasteiger partial charge in [-0.1, -0.05) is 0 Å². The highest BCUT2D eigenvalue weighted by Crippen LogP contribution is 2.10. The second kappa shape index (κ2) is 5.81. The second-order valence-corrected chi connectivity index (χ2v) is 3.74. The molecule has 0 saturated heterocycles. The van der Waals surface area contributed by atoms with Crippen molar-refractivity contribution in [3.05, 3.63) is 18.1 Å². The lowest BCUT2D eigenvalue weighted by Crippen LogP contribution is -2.17. The number of halogens is 1. The van der Waals surface area contributed by atoms with Crippen LogP contribution in [0.5, 0.6) is 0 Å². The second-order valence-electron chi connectivity index (χ2n) is 3.37. The first-order chi connectivity index (χ1) is 6.74. The van der Waals surface area contributed by atoms with E-state index in [1.54, 1.807) is 12.4 Å². The molecular formula is C10H16ClN3. The van der Waals surface area contributed by atoms with E-state index in [0.717, 1.165) is 24.4 Å². The lowest BCUT2D eigenvalue weighted by molar-refractivity contribution is 0.688. The summed E-state index contributed by atoms with van der Waals surface area (Å²) in [5, 5.41) is 3.31. The number of nitrogens with zero attached hydrogens (tertiary/aromatic N) is 2. The minimum atomic E-state index is 0.393. The predicted molar refractivity (Wildman–Crippen MR) is 59.8 cm³/mol. The number of hydrogen-bond acceptors (Lipinski definition) is 3. The summed E-state index contributed by atoms with van der Waals surface area (Å²) in [4.78, 5) is 8.38. The standard InChI is InChI=1S/C10H16ClN3/c1-8(4-3-5-11)14-10-9(2)12-6-7-13-10/h6-8H,3-5H2,1-2H3,(H,13,14). The first-order valence-corrected chi connectivity index (χ1v) is 5.37. The SMILES string of the molecule is Cc1nccnc1NC(C)CCCCl. The van der Waals surface area contributed by atoms with E-state index in [4.69, 9.17) is 11.6 Å². The minimum absolute atomic E-state index is 0.393. The Labute approximate surface area is 89.9 Å². The molecule has 1 rings (SSSR count). The molecule has 4 heteroatoms. The Morgan fingerprint density at radius 3 is 2.79 bits per heavy atom. The van der Waals surface area contributed by atoms with Gasteiger partial charge in [0.25, 0.3) is 0 Å². The summed E-state index contributed by atoms with van der Waals surface area (Å²) in [6.45, 7) is 4.07. The van der Waals surface area contributed by atoms with E-state index in [1.165, 1.54) is 0 Å². The van der Waals surface area contributed by atoms with Crippen molar-refractivity contribution in [3.8, 4) is 0 Å². The van der Waals surface area contributed by atoms with Crippen molar-refractivity contribution in [1.82, 2.24) is 9.97 Å². The van der Waals surface area contributed by atoms with Gasteiger partial charge in [-0.3, -0.25) is 4.98 Å². The summed E-state index contributed by atoms with van der Waals surface area (Å²) in [6.07, 6.45) is 5.47. The highest BCUT2D eigenvalue weighted by molar-refractivity contribution is 6.17. The van der Waals surface area contributed by atoms with Crippen LogP contribution in [0.25, 0.3) is 0 Å². The lowest BCUT2D eigenvalue weighted by Gasteiger charge is -2.14. The molecule has 0 aliphatic heterocycles. The predicted octanol–water partition coefficient (Wildman–Crippen LogP) is 2.60. The van der Waals surface area contributed by atoms with Gasteiger partial charge in [0.05, 0.1) is 5.69 Å². The molecule has 14 heavy (non-hydrogen) atoms. The smallest absolute Gasteiger partial charge is 0.147 e. The van der Waals surface area contributed by atoms with Gasteiger partial charge in [-0.05, 0) is 26.7 Å². The summed E-state index contributed by atoms with van der Waals surface area (Å²) in [5.41, 5.74) is 0.935. The van der Waals surface area contributed by atoms with Crippen molar-refractivity contribution in [2.45, 2.75) is 32.7 Å². The molecular weight excluding hydrogens is 198 g/mol. The Morgan fingerprint density at radius 2 is 2.14 bits per heavy atom. The zero-order chi connectivity index (χ0) is 10.4. The third-order valence-corrected chi connectivity index (χ3v) is 2.30. The first-order valence-electron chi connectivity index (χ1n) is 4.84. The van der Waals surface area contributed by atoms with Crippen LogP contribution >= 0.6 is 11.6 Å². The van der Waals surface area contributed by atoms with E-state index in [1.807, 2.05) is 6.92 Å². The normalized spacial score (nSPS) is 12.5. The molecule has 0 saturated carbocycles. The third-order valence-electron chi connectivity index (χ3n) is 2.04. The van der Waals surface area contributed by atoms with Gasteiger partial charge >= 0.3 is 0 Å². The molecule has 1 atom stereocenters. The zero-order valence-corrected chi connectivity index (χ0v) is 9.38. The molecule has 3 nitrogen and oxygen atoms in total. The summed E-state index contributed by atoms with van der Waals surface area (Å²) >= 11 is 5.62. The van der Waals surface area contributed by atoms with Gasteiger partial charge in [-0.2, -0.15) is 0 Å². The van der Waals surface area contributed by atoms with Gasteiger partial charge < -0.3 is 5.32 Å². The Hall–Kier alpha value is -0.830. The van der Waals surface area contributed by atoms with Crippen LogP contribution in [0, 0.1) is 6.92 Å². The van der Waals surface area contributed by atoms with Crippen molar-refractivity contribution in [1.29, 1.82) is 0 Å². The molecule has 0 aliphatic carbocycles. The number of aryl methyl sites for hydroxylation is 1. The number of hydrogen-bond donors (Lipinski definition) is 1. The van der Waals surface area contributed by atoms with Crippen molar-refractivity contribution < 1.29 is 0 Å².